The lowest BCUT2D eigenvalue weighted by atomic mass is 9.66. The first-order valence-electron chi connectivity index (χ1n) is 8.65. The maximum Gasteiger partial charge on any atom is 0.129 e. The number of hydrogen-bond donors (Lipinski definition) is 1. The molecule has 7 nitrogen and oxygen atoms in total. The molecule has 4 atom stereocenters. The van der Waals surface area contributed by atoms with E-state index in [4.69, 9.17) is 9.47 Å². The van der Waals surface area contributed by atoms with Crippen molar-refractivity contribution in [2.75, 3.05) is 39.5 Å². The van der Waals surface area contributed by atoms with Crippen LogP contribution in [0.25, 0.3) is 0 Å². The molecule has 0 radical (unpaired) electrons. The van der Waals surface area contributed by atoms with E-state index in [-0.39, 0.29) is 11.8 Å². The van der Waals surface area contributed by atoms with E-state index in [9.17, 15) is 5.11 Å². The van der Waals surface area contributed by atoms with Crippen LogP contribution in [0.4, 0.5) is 0 Å². The molecule has 23 heavy (non-hydrogen) atoms. The highest BCUT2D eigenvalue weighted by molar-refractivity contribution is 5.06. The van der Waals surface area contributed by atoms with Gasteiger partial charge in [-0.1, -0.05) is 0 Å². The molecule has 0 spiro atoms. The monoisotopic (exact) mass is 322 g/mol. The third-order valence-corrected chi connectivity index (χ3v) is 6.00. The normalized spacial score (nSPS) is 38.1. The summed E-state index contributed by atoms with van der Waals surface area (Å²) in [6.07, 6.45) is 3.53. The Hall–Kier alpha value is -1.02. The first-order valence-corrected chi connectivity index (χ1v) is 8.65. The Kier molecular flexibility index (Phi) is 4.13. The van der Waals surface area contributed by atoms with Gasteiger partial charge >= 0.3 is 0 Å². The van der Waals surface area contributed by atoms with Gasteiger partial charge in [-0.25, -0.2) is 0 Å². The minimum atomic E-state index is -0.619. The van der Waals surface area contributed by atoms with E-state index >= 15 is 0 Å². The van der Waals surface area contributed by atoms with Crippen molar-refractivity contribution in [1.82, 2.24) is 19.7 Å². The third kappa shape index (κ3) is 2.69. The highest BCUT2D eigenvalue weighted by Crippen LogP contribution is 2.44. The predicted octanol–water partition coefficient (Wildman–Crippen LogP) is 0.0748. The highest BCUT2D eigenvalue weighted by atomic mass is 16.5. The molecule has 4 rings (SSSR count). The van der Waals surface area contributed by atoms with Gasteiger partial charge in [0.25, 0.3) is 0 Å². The smallest absolute Gasteiger partial charge is 0.129 e. The Morgan fingerprint density at radius 3 is 3.00 bits per heavy atom. The van der Waals surface area contributed by atoms with E-state index in [0.29, 0.717) is 25.9 Å². The van der Waals surface area contributed by atoms with Crippen LogP contribution in [-0.2, 0) is 16.0 Å². The van der Waals surface area contributed by atoms with Crippen LogP contribution >= 0.6 is 0 Å². The number of piperidine rings is 1. The van der Waals surface area contributed by atoms with E-state index < -0.39 is 5.60 Å². The van der Waals surface area contributed by atoms with Crippen molar-refractivity contribution in [2.24, 2.45) is 11.8 Å². The van der Waals surface area contributed by atoms with Crippen molar-refractivity contribution in [3.8, 4) is 0 Å². The first-order chi connectivity index (χ1) is 11.2. The molecular formula is C16H26N4O3. The van der Waals surface area contributed by atoms with Crippen LogP contribution in [0.1, 0.15) is 18.7 Å². The summed E-state index contributed by atoms with van der Waals surface area (Å²) in [6.45, 7) is 7.49. The fourth-order valence-electron chi connectivity index (χ4n) is 4.59. The van der Waals surface area contributed by atoms with Gasteiger partial charge in [-0.15, -0.1) is 10.2 Å². The second kappa shape index (κ2) is 6.12. The Morgan fingerprint density at radius 1 is 1.30 bits per heavy atom. The average Bonchev–Trinajstić information content (AvgIpc) is 2.98. The van der Waals surface area contributed by atoms with Crippen LogP contribution in [-0.4, -0.2) is 75.9 Å². The van der Waals surface area contributed by atoms with E-state index in [0.717, 1.165) is 44.9 Å². The average molecular weight is 322 g/mol. The molecule has 0 amide bonds. The fraction of sp³-hybridized carbons (Fsp3) is 0.875. The van der Waals surface area contributed by atoms with Crippen molar-refractivity contribution >= 4 is 0 Å². The largest absolute Gasteiger partial charge is 0.389 e. The minimum absolute atomic E-state index is 0.182. The molecule has 0 bridgehead atoms. The van der Waals surface area contributed by atoms with Crippen molar-refractivity contribution in [3.05, 3.63) is 12.2 Å². The van der Waals surface area contributed by atoms with Crippen LogP contribution in [0.2, 0.25) is 0 Å². The van der Waals surface area contributed by atoms with Crippen molar-refractivity contribution in [3.63, 3.8) is 0 Å². The summed E-state index contributed by atoms with van der Waals surface area (Å²) in [5, 5.41) is 19.3. The maximum atomic E-state index is 11.3. The lowest BCUT2D eigenvalue weighted by Gasteiger charge is -2.57. The highest BCUT2D eigenvalue weighted by Gasteiger charge is 2.55. The molecule has 0 saturated carbocycles. The van der Waals surface area contributed by atoms with Crippen LogP contribution < -0.4 is 0 Å². The zero-order valence-corrected chi connectivity index (χ0v) is 13.7. The molecule has 0 unspecified atom stereocenters. The number of nitrogens with zero attached hydrogens (tertiary/aromatic N) is 4. The molecular weight excluding hydrogens is 296 g/mol. The molecule has 1 aromatic rings. The Morgan fingerprint density at radius 2 is 2.17 bits per heavy atom. The zero-order valence-electron chi connectivity index (χ0n) is 13.7. The van der Waals surface area contributed by atoms with E-state index in [1.165, 1.54) is 0 Å². The summed E-state index contributed by atoms with van der Waals surface area (Å²) >= 11 is 0. The maximum absolute atomic E-state index is 11.3. The Balaban J connectivity index is 1.51. The van der Waals surface area contributed by atoms with E-state index in [1.807, 2.05) is 6.92 Å². The molecule has 1 aromatic heterocycles. The fourth-order valence-corrected chi connectivity index (χ4v) is 4.59. The van der Waals surface area contributed by atoms with Gasteiger partial charge in [0, 0.05) is 57.1 Å². The standard InChI is InChI=1S/C16H26N4O3/c1-12-18-17-11-20(12)5-4-19-8-13-9-23-7-3-16(13,21)14-10-22-6-2-15(14)19/h11,13-15,21H,2-10H2,1H3/t13-,14+,15-,16-/m0/s1. The number of fused-ring (bicyclic) bond motifs is 3. The minimum Gasteiger partial charge on any atom is -0.389 e. The molecule has 0 aromatic carbocycles. The number of hydrogen-bond acceptors (Lipinski definition) is 6. The third-order valence-electron chi connectivity index (χ3n) is 6.00. The summed E-state index contributed by atoms with van der Waals surface area (Å²) in [7, 11) is 0. The number of rotatable bonds is 3. The summed E-state index contributed by atoms with van der Waals surface area (Å²) < 4.78 is 13.5. The van der Waals surface area contributed by atoms with Gasteiger partial charge in [-0.3, -0.25) is 4.90 Å². The van der Waals surface area contributed by atoms with E-state index in [1.54, 1.807) is 6.33 Å². The van der Waals surface area contributed by atoms with Gasteiger partial charge in [-0.05, 0) is 13.3 Å². The van der Waals surface area contributed by atoms with Crippen LogP contribution in [0.3, 0.4) is 0 Å². The molecule has 3 saturated heterocycles. The van der Waals surface area contributed by atoms with Gasteiger partial charge in [0.1, 0.15) is 12.2 Å². The van der Waals surface area contributed by atoms with Crippen LogP contribution in [0.15, 0.2) is 6.33 Å². The van der Waals surface area contributed by atoms with Gasteiger partial charge in [0.2, 0.25) is 0 Å². The quantitative estimate of drug-likeness (QED) is 0.849. The van der Waals surface area contributed by atoms with Crippen molar-refractivity contribution in [1.29, 1.82) is 0 Å². The second-order valence-corrected chi connectivity index (χ2v) is 7.12. The van der Waals surface area contributed by atoms with Crippen LogP contribution in [0, 0.1) is 18.8 Å². The first kappa shape index (κ1) is 15.5. The molecule has 128 valence electrons. The topological polar surface area (TPSA) is 72.6 Å². The van der Waals surface area contributed by atoms with Crippen molar-refractivity contribution < 1.29 is 14.6 Å². The van der Waals surface area contributed by atoms with Gasteiger partial charge in [0.15, 0.2) is 0 Å². The zero-order chi connectivity index (χ0) is 15.9. The number of aromatic nitrogens is 3. The molecule has 3 aliphatic heterocycles. The second-order valence-electron chi connectivity index (χ2n) is 7.12. The lowest BCUT2D eigenvalue weighted by Crippen LogP contribution is -2.68. The van der Waals surface area contributed by atoms with Gasteiger partial charge < -0.3 is 19.1 Å². The number of aryl methyl sites for hydroxylation is 1. The number of aliphatic hydroxyl groups is 1. The molecule has 3 aliphatic rings. The SMILES string of the molecule is Cc1nncn1CCN1C[C@H]2COCC[C@@]2(O)[C@@H]2COCC[C@@H]21. The van der Waals surface area contributed by atoms with Crippen LogP contribution in [0.5, 0.6) is 0 Å². The molecule has 7 heteroatoms. The summed E-state index contributed by atoms with van der Waals surface area (Å²) in [5.74, 6) is 1.32. The lowest BCUT2D eigenvalue weighted by molar-refractivity contribution is -0.220. The number of likely N-dealkylation sites (tertiary alicyclic amines) is 1. The number of ether oxygens (including phenoxy) is 2. The Bertz CT molecular complexity index is 551. The van der Waals surface area contributed by atoms with Gasteiger partial charge in [0.05, 0.1) is 18.8 Å². The summed E-state index contributed by atoms with van der Waals surface area (Å²) in [4.78, 5) is 2.53. The van der Waals surface area contributed by atoms with E-state index in [2.05, 4.69) is 19.7 Å². The van der Waals surface area contributed by atoms with Gasteiger partial charge in [-0.2, -0.15) is 0 Å². The predicted molar refractivity (Wildman–Crippen MR) is 82.9 cm³/mol. The summed E-state index contributed by atoms with van der Waals surface area (Å²) in [6, 6.07) is 0.403. The Labute approximate surface area is 136 Å². The molecule has 1 N–H and O–H groups in total. The van der Waals surface area contributed by atoms with Crippen molar-refractivity contribution in [2.45, 2.75) is 38.0 Å². The molecule has 3 fully saturated rings. The molecule has 0 aliphatic carbocycles. The molecule has 4 heterocycles. The summed E-state index contributed by atoms with van der Waals surface area (Å²) in [5.41, 5.74) is -0.619.